The maximum absolute atomic E-state index is 12.5. The third-order valence-corrected chi connectivity index (χ3v) is 7.95. The van der Waals surface area contributed by atoms with Crippen molar-refractivity contribution >= 4 is 73.2 Å². The summed E-state index contributed by atoms with van der Waals surface area (Å²) in [7, 11) is -1.07. The molecule has 1 N–H and O–H groups in total. The number of carbonyl (C=O) groups excluding carboxylic acids is 2. The normalized spacial score (nSPS) is 16.0. The summed E-state index contributed by atoms with van der Waals surface area (Å²) in [5, 5.41) is 2.28. The Morgan fingerprint density at radius 3 is 2.39 bits per heavy atom. The quantitative estimate of drug-likeness (QED) is 0.532. The van der Waals surface area contributed by atoms with Gasteiger partial charge in [0.1, 0.15) is 16.2 Å². The molecule has 0 atom stereocenters. The molecule has 1 aliphatic heterocycles. The van der Waals surface area contributed by atoms with Gasteiger partial charge in [-0.05, 0) is 35.5 Å². The van der Waals surface area contributed by atoms with Gasteiger partial charge in [-0.3, -0.25) is 19.9 Å². The van der Waals surface area contributed by atoms with E-state index in [4.69, 9.17) is 27.6 Å². The number of nitrogens with zero attached hydrogens (tertiary/aromatic N) is 2. The standard InChI is InChI=1S/C19H13Cl2N3O5S2/c1-24(2)31(27,28)17-13(20)4-9(5-14(17)21)12-8-22-7-10-3-11(29-16(10)12)6-15-18(25)23-19(26)30-15/h3-8H,1-2H3,(H,23,25,26)/b15-6+. The molecular weight excluding hydrogens is 485 g/mol. The smallest absolute Gasteiger partial charge is 0.290 e. The number of furan rings is 1. The summed E-state index contributed by atoms with van der Waals surface area (Å²) >= 11 is 13.3. The lowest BCUT2D eigenvalue weighted by Crippen LogP contribution is -2.23. The lowest BCUT2D eigenvalue weighted by atomic mass is 10.1. The highest BCUT2D eigenvalue weighted by molar-refractivity contribution is 8.18. The van der Waals surface area contributed by atoms with Crippen LogP contribution in [-0.2, 0) is 14.8 Å². The van der Waals surface area contributed by atoms with Crippen LogP contribution < -0.4 is 5.32 Å². The highest BCUT2D eigenvalue weighted by Crippen LogP contribution is 2.38. The number of carbonyl (C=O) groups is 2. The second-order valence-electron chi connectivity index (χ2n) is 6.66. The molecule has 0 saturated carbocycles. The van der Waals surface area contributed by atoms with Crippen molar-refractivity contribution in [2.24, 2.45) is 0 Å². The fraction of sp³-hybridized carbons (Fsp3) is 0.105. The van der Waals surface area contributed by atoms with E-state index in [1.54, 1.807) is 12.3 Å². The van der Waals surface area contributed by atoms with Gasteiger partial charge in [-0.1, -0.05) is 23.2 Å². The molecular formula is C19H13Cl2N3O5S2. The van der Waals surface area contributed by atoms with Crippen molar-refractivity contribution in [3.8, 4) is 11.1 Å². The van der Waals surface area contributed by atoms with E-state index in [1.165, 1.54) is 38.5 Å². The molecule has 31 heavy (non-hydrogen) atoms. The second kappa shape index (κ2) is 7.95. The van der Waals surface area contributed by atoms with Crippen LogP contribution in [0.15, 0.2) is 44.8 Å². The summed E-state index contributed by atoms with van der Waals surface area (Å²) < 4.78 is 31.9. The topological polar surface area (TPSA) is 110 Å². The van der Waals surface area contributed by atoms with Crippen molar-refractivity contribution in [1.82, 2.24) is 14.6 Å². The minimum absolute atomic E-state index is 0.0420. The molecule has 12 heteroatoms. The molecule has 0 aliphatic carbocycles. The largest absolute Gasteiger partial charge is 0.456 e. The van der Waals surface area contributed by atoms with Crippen molar-refractivity contribution in [3.05, 3.63) is 51.3 Å². The van der Waals surface area contributed by atoms with Crippen molar-refractivity contribution in [2.45, 2.75) is 4.90 Å². The summed E-state index contributed by atoms with van der Waals surface area (Å²) in [6, 6.07) is 4.61. The third kappa shape index (κ3) is 3.97. The number of amides is 2. The second-order valence-corrected chi connectivity index (χ2v) is 10.6. The number of hydrogen-bond donors (Lipinski definition) is 1. The number of benzene rings is 1. The van der Waals surface area contributed by atoms with Crippen LogP contribution in [0.3, 0.4) is 0 Å². The van der Waals surface area contributed by atoms with Gasteiger partial charge in [0.2, 0.25) is 10.0 Å². The SMILES string of the molecule is CN(C)S(=O)(=O)c1c(Cl)cc(-c2cncc3cc(/C=C4/SC(=O)NC4=O)oc23)cc1Cl. The molecule has 0 radical (unpaired) electrons. The van der Waals surface area contributed by atoms with Crippen molar-refractivity contribution in [1.29, 1.82) is 0 Å². The van der Waals surface area contributed by atoms with Gasteiger partial charge >= 0.3 is 0 Å². The van der Waals surface area contributed by atoms with Gasteiger partial charge in [-0.25, -0.2) is 12.7 Å². The Morgan fingerprint density at radius 1 is 1.13 bits per heavy atom. The minimum atomic E-state index is -3.84. The number of nitrogens with one attached hydrogen (secondary N) is 1. The van der Waals surface area contributed by atoms with E-state index in [-0.39, 0.29) is 19.8 Å². The maximum Gasteiger partial charge on any atom is 0.290 e. The number of hydrogen-bond acceptors (Lipinski definition) is 7. The zero-order valence-corrected chi connectivity index (χ0v) is 19.1. The Kier molecular flexibility index (Phi) is 5.61. The van der Waals surface area contributed by atoms with E-state index in [2.05, 4.69) is 10.3 Å². The first-order chi connectivity index (χ1) is 14.6. The molecule has 2 amide bonds. The Balaban J connectivity index is 1.82. The van der Waals surface area contributed by atoms with Gasteiger partial charge in [0.25, 0.3) is 11.1 Å². The molecule has 0 unspecified atom stereocenters. The molecule has 0 spiro atoms. The molecule has 1 saturated heterocycles. The Morgan fingerprint density at radius 2 is 1.81 bits per heavy atom. The van der Waals surface area contributed by atoms with E-state index in [1.807, 2.05) is 0 Å². The number of fused-ring (bicyclic) bond motifs is 1. The predicted molar refractivity (Wildman–Crippen MR) is 119 cm³/mol. The molecule has 3 aromatic rings. The summed E-state index contributed by atoms with van der Waals surface area (Å²) in [6.45, 7) is 0. The highest BCUT2D eigenvalue weighted by Gasteiger charge is 2.27. The molecule has 1 aliphatic rings. The van der Waals surface area contributed by atoms with Crippen LogP contribution in [0.1, 0.15) is 5.76 Å². The molecule has 3 heterocycles. The average molecular weight is 498 g/mol. The van der Waals surface area contributed by atoms with E-state index >= 15 is 0 Å². The van der Waals surface area contributed by atoms with Crippen molar-refractivity contribution in [2.75, 3.05) is 14.1 Å². The minimum Gasteiger partial charge on any atom is -0.456 e. The molecule has 8 nitrogen and oxygen atoms in total. The van der Waals surface area contributed by atoms with Crippen LogP contribution in [0.4, 0.5) is 4.79 Å². The van der Waals surface area contributed by atoms with Gasteiger partial charge < -0.3 is 4.42 Å². The van der Waals surface area contributed by atoms with E-state index in [0.717, 1.165) is 16.1 Å². The zero-order chi connectivity index (χ0) is 22.5. The maximum atomic E-state index is 12.5. The molecule has 4 rings (SSSR count). The number of thioether (sulfide) groups is 1. The monoisotopic (exact) mass is 497 g/mol. The molecule has 1 aromatic carbocycles. The number of halogens is 2. The van der Waals surface area contributed by atoms with E-state index in [9.17, 15) is 18.0 Å². The number of rotatable bonds is 4. The van der Waals surface area contributed by atoms with Crippen molar-refractivity contribution in [3.63, 3.8) is 0 Å². The average Bonchev–Trinajstić information content (AvgIpc) is 3.22. The number of imide groups is 1. The Hall–Kier alpha value is -2.37. The first-order valence-corrected chi connectivity index (χ1v) is 11.6. The number of pyridine rings is 1. The fourth-order valence-corrected chi connectivity index (χ4v) is 5.66. The van der Waals surface area contributed by atoms with Crippen LogP contribution in [0, 0.1) is 0 Å². The Labute approximate surface area is 191 Å². The molecule has 1 fully saturated rings. The molecule has 160 valence electrons. The zero-order valence-electron chi connectivity index (χ0n) is 16.0. The van der Waals surface area contributed by atoms with Crippen LogP contribution in [-0.4, -0.2) is 42.9 Å². The fourth-order valence-electron chi connectivity index (χ4n) is 2.95. The van der Waals surface area contributed by atoms with Gasteiger partial charge in [0.05, 0.1) is 15.0 Å². The summed E-state index contributed by atoms with van der Waals surface area (Å²) in [5.41, 5.74) is 1.47. The van der Waals surface area contributed by atoms with Crippen LogP contribution in [0.5, 0.6) is 0 Å². The van der Waals surface area contributed by atoms with E-state index in [0.29, 0.717) is 27.9 Å². The number of sulfonamides is 1. The first kappa shape index (κ1) is 21.8. The first-order valence-electron chi connectivity index (χ1n) is 8.62. The van der Waals surface area contributed by atoms with Gasteiger partial charge in [-0.15, -0.1) is 0 Å². The van der Waals surface area contributed by atoms with Gasteiger partial charge in [0.15, 0.2) is 0 Å². The molecule has 2 aromatic heterocycles. The van der Waals surface area contributed by atoms with Crippen LogP contribution >= 0.6 is 35.0 Å². The predicted octanol–water partition coefficient (Wildman–Crippen LogP) is 4.38. The lowest BCUT2D eigenvalue weighted by Gasteiger charge is -2.15. The van der Waals surface area contributed by atoms with Crippen LogP contribution in [0.25, 0.3) is 28.2 Å². The van der Waals surface area contributed by atoms with E-state index < -0.39 is 21.2 Å². The summed E-state index contributed by atoms with van der Waals surface area (Å²) in [6.07, 6.45) is 4.57. The van der Waals surface area contributed by atoms with Crippen molar-refractivity contribution < 1.29 is 22.4 Å². The van der Waals surface area contributed by atoms with Gasteiger partial charge in [0, 0.05) is 43.5 Å². The summed E-state index contributed by atoms with van der Waals surface area (Å²) in [5.74, 6) is -0.148. The lowest BCUT2D eigenvalue weighted by molar-refractivity contribution is -0.115. The third-order valence-electron chi connectivity index (χ3n) is 4.41. The Bertz CT molecular complexity index is 1370. The molecule has 0 bridgehead atoms. The van der Waals surface area contributed by atoms with Crippen LogP contribution in [0.2, 0.25) is 10.0 Å². The van der Waals surface area contributed by atoms with Gasteiger partial charge in [-0.2, -0.15) is 0 Å². The summed E-state index contributed by atoms with van der Waals surface area (Å²) in [4.78, 5) is 27.3. The highest BCUT2D eigenvalue weighted by atomic mass is 35.5. The number of aromatic nitrogens is 1.